The average Bonchev–Trinajstić information content (AvgIpc) is 2.31. The molecule has 1 aliphatic rings. The molecule has 82 valence electrons. The quantitative estimate of drug-likeness (QED) is 0.811. The predicted octanol–water partition coefficient (Wildman–Crippen LogP) is 3.37. The van der Waals surface area contributed by atoms with Crippen LogP contribution in [0.4, 0.5) is 0 Å². The molecule has 2 rings (SSSR count). The summed E-state index contributed by atoms with van der Waals surface area (Å²) in [5, 5.41) is 4.26. The minimum atomic E-state index is 0.385. The summed E-state index contributed by atoms with van der Waals surface area (Å²) in [7, 11) is 0. The van der Waals surface area contributed by atoms with Crippen LogP contribution in [-0.4, -0.2) is 13.1 Å². The SMILES string of the molecule is CCC1(c2ccc(Cl)cc2)CCNCC1. The van der Waals surface area contributed by atoms with Gasteiger partial charge in [-0.2, -0.15) is 0 Å². The second-order valence-corrected chi connectivity index (χ2v) is 4.83. The first-order valence-electron chi connectivity index (χ1n) is 5.74. The molecule has 15 heavy (non-hydrogen) atoms. The minimum Gasteiger partial charge on any atom is -0.317 e. The van der Waals surface area contributed by atoms with Crippen LogP contribution in [0.3, 0.4) is 0 Å². The lowest BCUT2D eigenvalue weighted by Gasteiger charge is -2.37. The Balaban J connectivity index is 2.28. The number of rotatable bonds is 2. The lowest BCUT2D eigenvalue weighted by atomic mass is 9.71. The Morgan fingerprint density at radius 2 is 1.80 bits per heavy atom. The summed E-state index contributed by atoms with van der Waals surface area (Å²) >= 11 is 5.93. The van der Waals surface area contributed by atoms with Crippen LogP contribution in [0.25, 0.3) is 0 Å². The van der Waals surface area contributed by atoms with E-state index in [-0.39, 0.29) is 0 Å². The van der Waals surface area contributed by atoms with Gasteiger partial charge < -0.3 is 5.32 Å². The van der Waals surface area contributed by atoms with Crippen molar-refractivity contribution in [2.45, 2.75) is 31.6 Å². The molecular weight excluding hydrogens is 206 g/mol. The summed E-state index contributed by atoms with van der Waals surface area (Å²) in [6.45, 7) is 4.56. The summed E-state index contributed by atoms with van der Waals surface area (Å²) in [6.07, 6.45) is 3.70. The molecule has 1 aliphatic heterocycles. The van der Waals surface area contributed by atoms with Gasteiger partial charge in [0.15, 0.2) is 0 Å². The van der Waals surface area contributed by atoms with Crippen LogP contribution in [-0.2, 0) is 5.41 Å². The van der Waals surface area contributed by atoms with E-state index in [1.54, 1.807) is 0 Å². The number of benzene rings is 1. The van der Waals surface area contributed by atoms with Crippen LogP contribution in [0.15, 0.2) is 24.3 Å². The fraction of sp³-hybridized carbons (Fsp3) is 0.538. The zero-order valence-corrected chi connectivity index (χ0v) is 9.98. The van der Waals surface area contributed by atoms with Crippen molar-refractivity contribution in [2.24, 2.45) is 0 Å². The first kappa shape index (κ1) is 11.0. The number of hydrogen-bond acceptors (Lipinski definition) is 1. The molecule has 0 amide bonds. The normalized spacial score (nSPS) is 20.1. The maximum atomic E-state index is 5.93. The van der Waals surface area contributed by atoms with Crippen LogP contribution >= 0.6 is 11.6 Å². The third kappa shape index (κ3) is 2.19. The predicted molar refractivity (Wildman–Crippen MR) is 65.5 cm³/mol. The van der Waals surface area contributed by atoms with Gasteiger partial charge in [-0.1, -0.05) is 30.7 Å². The van der Waals surface area contributed by atoms with Crippen molar-refractivity contribution in [3.63, 3.8) is 0 Å². The molecule has 1 N–H and O–H groups in total. The summed E-state index contributed by atoms with van der Waals surface area (Å²) in [5.74, 6) is 0. The highest BCUT2D eigenvalue weighted by Crippen LogP contribution is 2.36. The van der Waals surface area contributed by atoms with E-state index in [4.69, 9.17) is 11.6 Å². The van der Waals surface area contributed by atoms with E-state index in [1.807, 2.05) is 12.1 Å². The minimum absolute atomic E-state index is 0.385. The Bertz CT molecular complexity index is 312. The van der Waals surface area contributed by atoms with Crippen molar-refractivity contribution in [3.05, 3.63) is 34.9 Å². The largest absolute Gasteiger partial charge is 0.317 e. The van der Waals surface area contributed by atoms with E-state index in [0.29, 0.717) is 5.41 Å². The molecule has 0 radical (unpaired) electrons. The van der Waals surface area contributed by atoms with Gasteiger partial charge in [0, 0.05) is 5.02 Å². The van der Waals surface area contributed by atoms with E-state index in [1.165, 1.54) is 24.8 Å². The van der Waals surface area contributed by atoms with Crippen molar-refractivity contribution in [1.29, 1.82) is 0 Å². The molecular formula is C13H18ClN. The molecule has 0 unspecified atom stereocenters. The van der Waals surface area contributed by atoms with Crippen molar-refractivity contribution in [1.82, 2.24) is 5.32 Å². The first-order chi connectivity index (χ1) is 7.27. The summed E-state index contributed by atoms with van der Waals surface area (Å²) < 4.78 is 0. The van der Waals surface area contributed by atoms with Crippen LogP contribution in [0.5, 0.6) is 0 Å². The fourth-order valence-electron chi connectivity index (χ4n) is 2.56. The van der Waals surface area contributed by atoms with E-state index in [0.717, 1.165) is 18.1 Å². The molecule has 0 bridgehead atoms. The lowest BCUT2D eigenvalue weighted by Crippen LogP contribution is -2.39. The molecule has 1 nitrogen and oxygen atoms in total. The Morgan fingerprint density at radius 1 is 1.20 bits per heavy atom. The summed E-state index contributed by atoms with van der Waals surface area (Å²) in [4.78, 5) is 0. The molecule has 0 aromatic heterocycles. The van der Waals surface area contributed by atoms with Gasteiger partial charge in [-0.25, -0.2) is 0 Å². The Morgan fingerprint density at radius 3 is 2.33 bits per heavy atom. The van der Waals surface area contributed by atoms with Crippen molar-refractivity contribution >= 4 is 11.6 Å². The van der Waals surface area contributed by atoms with Gasteiger partial charge in [0.05, 0.1) is 0 Å². The highest BCUT2D eigenvalue weighted by Gasteiger charge is 2.31. The maximum Gasteiger partial charge on any atom is 0.0406 e. The fourth-order valence-corrected chi connectivity index (χ4v) is 2.68. The standard InChI is InChI=1S/C13H18ClN/c1-2-13(7-9-15-10-8-13)11-3-5-12(14)6-4-11/h3-6,15H,2,7-10H2,1H3. The van der Waals surface area contributed by atoms with Gasteiger partial charge in [0.1, 0.15) is 0 Å². The smallest absolute Gasteiger partial charge is 0.0406 e. The number of piperidine rings is 1. The van der Waals surface area contributed by atoms with Crippen molar-refractivity contribution < 1.29 is 0 Å². The number of halogens is 1. The van der Waals surface area contributed by atoms with Gasteiger partial charge in [0.2, 0.25) is 0 Å². The summed E-state index contributed by atoms with van der Waals surface area (Å²) in [5.41, 5.74) is 1.84. The van der Waals surface area contributed by atoms with E-state index >= 15 is 0 Å². The van der Waals surface area contributed by atoms with Gasteiger partial charge >= 0.3 is 0 Å². The topological polar surface area (TPSA) is 12.0 Å². The lowest BCUT2D eigenvalue weighted by molar-refractivity contribution is 0.298. The van der Waals surface area contributed by atoms with E-state index in [9.17, 15) is 0 Å². The third-order valence-electron chi connectivity index (χ3n) is 3.69. The molecule has 1 aromatic carbocycles. The third-order valence-corrected chi connectivity index (χ3v) is 3.95. The number of hydrogen-bond donors (Lipinski definition) is 1. The van der Waals surface area contributed by atoms with Crippen molar-refractivity contribution in [3.8, 4) is 0 Å². The molecule has 1 fully saturated rings. The molecule has 1 aromatic rings. The molecule has 2 heteroatoms. The second kappa shape index (κ2) is 4.54. The molecule has 1 heterocycles. The Labute approximate surface area is 96.8 Å². The Kier molecular flexibility index (Phi) is 3.32. The van der Waals surface area contributed by atoms with Crippen LogP contribution in [0.2, 0.25) is 5.02 Å². The van der Waals surface area contributed by atoms with Gasteiger partial charge in [-0.3, -0.25) is 0 Å². The van der Waals surface area contributed by atoms with Crippen molar-refractivity contribution in [2.75, 3.05) is 13.1 Å². The zero-order valence-electron chi connectivity index (χ0n) is 9.22. The average molecular weight is 224 g/mol. The van der Waals surface area contributed by atoms with E-state index < -0.39 is 0 Å². The first-order valence-corrected chi connectivity index (χ1v) is 6.11. The maximum absolute atomic E-state index is 5.93. The van der Waals surface area contributed by atoms with Crippen LogP contribution in [0.1, 0.15) is 31.7 Å². The zero-order chi connectivity index (χ0) is 10.7. The van der Waals surface area contributed by atoms with Crippen LogP contribution < -0.4 is 5.32 Å². The highest BCUT2D eigenvalue weighted by atomic mass is 35.5. The Hall–Kier alpha value is -0.530. The summed E-state index contributed by atoms with van der Waals surface area (Å²) in [6, 6.07) is 8.40. The van der Waals surface area contributed by atoms with Gasteiger partial charge in [-0.15, -0.1) is 0 Å². The van der Waals surface area contributed by atoms with Gasteiger partial charge in [0.25, 0.3) is 0 Å². The molecule has 0 spiro atoms. The van der Waals surface area contributed by atoms with Gasteiger partial charge in [-0.05, 0) is 55.5 Å². The number of nitrogens with one attached hydrogen (secondary N) is 1. The van der Waals surface area contributed by atoms with E-state index in [2.05, 4.69) is 24.4 Å². The molecule has 0 aliphatic carbocycles. The second-order valence-electron chi connectivity index (χ2n) is 4.39. The molecule has 0 saturated carbocycles. The highest BCUT2D eigenvalue weighted by molar-refractivity contribution is 6.30. The monoisotopic (exact) mass is 223 g/mol. The van der Waals surface area contributed by atoms with Crippen LogP contribution in [0, 0.1) is 0 Å². The molecule has 0 atom stereocenters. The molecule has 1 saturated heterocycles.